The number of nitrogens with zero attached hydrogens (tertiary/aromatic N) is 2. The van der Waals surface area contributed by atoms with Gasteiger partial charge < -0.3 is 18.9 Å². The van der Waals surface area contributed by atoms with Crippen molar-refractivity contribution in [2.75, 3.05) is 26.3 Å². The van der Waals surface area contributed by atoms with Gasteiger partial charge in [-0.05, 0) is 57.4 Å². The molecular weight excluding hydrogens is 415 g/mol. The summed E-state index contributed by atoms with van der Waals surface area (Å²) in [6.45, 7) is 6.03. The normalized spacial score (nSPS) is 15.6. The molecule has 32 heavy (non-hydrogen) atoms. The monoisotopic (exact) mass is 444 g/mol. The number of ether oxygens (including phenoxy) is 2. The summed E-state index contributed by atoms with van der Waals surface area (Å²) in [5, 5.41) is 0. The number of carbonyl (C=O) groups excluding carboxylic acids is 3. The average Bonchev–Trinajstić information content (AvgIpc) is 3.33. The minimum atomic E-state index is -0.520. The first-order valence-corrected chi connectivity index (χ1v) is 10.8. The average molecular weight is 445 g/mol. The Bertz CT molecular complexity index is 1020. The highest BCUT2D eigenvalue weighted by molar-refractivity contribution is 6.06. The Morgan fingerprint density at radius 1 is 1.28 bits per heavy atom. The van der Waals surface area contributed by atoms with E-state index in [0.717, 1.165) is 18.9 Å². The van der Waals surface area contributed by atoms with Crippen LogP contribution in [0.5, 0.6) is 0 Å². The van der Waals surface area contributed by atoms with E-state index >= 15 is 0 Å². The summed E-state index contributed by atoms with van der Waals surface area (Å²) in [5.74, 6) is -1.76. The second-order valence-corrected chi connectivity index (χ2v) is 7.97. The van der Waals surface area contributed by atoms with Crippen LogP contribution in [0, 0.1) is 19.7 Å². The highest BCUT2D eigenvalue weighted by Crippen LogP contribution is 2.24. The number of benzene rings is 1. The van der Waals surface area contributed by atoms with Crippen LogP contribution in [0.15, 0.2) is 24.3 Å². The molecule has 0 spiro atoms. The van der Waals surface area contributed by atoms with Crippen molar-refractivity contribution in [1.82, 2.24) is 9.47 Å². The van der Waals surface area contributed by atoms with Gasteiger partial charge in [-0.3, -0.25) is 9.59 Å². The molecule has 172 valence electrons. The molecule has 2 heterocycles. The molecule has 2 aromatic rings. The van der Waals surface area contributed by atoms with Gasteiger partial charge in [-0.25, -0.2) is 9.18 Å². The molecule has 1 fully saturated rings. The number of esters is 1. The van der Waals surface area contributed by atoms with Crippen LogP contribution in [0.25, 0.3) is 0 Å². The Morgan fingerprint density at radius 2 is 2.03 bits per heavy atom. The summed E-state index contributed by atoms with van der Waals surface area (Å²) in [6, 6.07) is 5.41. The number of halogens is 1. The highest BCUT2D eigenvalue weighted by Gasteiger charge is 2.30. The largest absolute Gasteiger partial charge is 0.461 e. The molecule has 1 saturated heterocycles. The van der Waals surface area contributed by atoms with Crippen molar-refractivity contribution >= 4 is 17.7 Å². The third-order valence-corrected chi connectivity index (χ3v) is 5.82. The van der Waals surface area contributed by atoms with Crippen molar-refractivity contribution in [3.05, 3.63) is 58.2 Å². The number of hydrogen-bond donors (Lipinski definition) is 0. The first-order valence-electron chi connectivity index (χ1n) is 10.8. The molecule has 1 aromatic carbocycles. The lowest BCUT2D eigenvalue weighted by Crippen LogP contribution is -2.41. The van der Waals surface area contributed by atoms with E-state index in [4.69, 9.17) is 9.47 Å². The second kappa shape index (κ2) is 10.1. The van der Waals surface area contributed by atoms with E-state index in [1.165, 1.54) is 23.1 Å². The van der Waals surface area contributed by atoms with Crippen molar-refractivity contribution in [2.24, 2.45) is 7.05 Å². The zero-order valence-corrected chi connectivity index (χ0v) is 18.9. The van der Waals surface area contributed by atoms with Gasteiger partial charge in [0.05, 0.1) is 19.3 Å². The molecular formula is C24H29FN2O5. The molecule has 1 amide bonds. The topological polar surface area (TPSA) is 77.8 Å². The first kappa shape index (κ1) is 23.7. The fraction of sp³-hybridized carbons (Fsp3) is 0.458. The highest BCUT2D eigenvalue weighted by atomic mass is 19.1. The summed E-state index contributed by atoms with van der Waals surface area (Å²) >= 11 is 0. The third-order valence-electron chi connectivity index (χ3n) is 5.82. The summed E-state index contributed by atoms with van der Waals surface area (Å²) in [7, 11) is 1.70. The summed E-state index contributed by atoms with van der Waals surface area (Å²) in [5.41, 5.74) is 2.01. The Kier molecular flexibility index (Phi) is 7.45. The fourth-order valence-electron chi connectivity index (χ4n) is 4.19. The van der Waals surface area contributed by atoms with Crippen molar-refractivity contribution in [1.29, 1.82) is 0 Å². The Morgan fingerprint density at radius 3 is 2.66 bits per heavy atom. The molecule has 0 radical (unpaired) electrons. The van der Waals surface area contributed by atoms with Crippen LogP contribution in [0.1, 0.15) is 62.2 Å². The Labute approximate surface area is 187 Å². The molecule has 1 aromatic heterocycles. The SMILES string of the molecule is CCOC(=O)c1c(C)c(C(=O)CN(C[C@@H]2CCCO2)C(=O)c2cccc(F)c2)c(C)n1C. The second-order valence-electron chi connectivity index (χ2n) is 7.97. The molecule has 0 N–H and O–H groups in total. The van der Waals surface area contributed by atoms with Crippen molar-refractivity contribution in [2.45, 2.75) is 39.7 Å². The van der Waals surface area contributed by atoms with Gasteiger partial charge in [0, 0.05) is 37.0 Å². The molecule has 0 unspecified atom stereocenters. The van der Waals surface area contributed by atoms with E-state index < -0.39 is 17.7 Å². The van der Waals surface area contributed by atoms with Gasteiger partial charge in [0.15, 0.2) is 5.78 Å². The van der Waals surface area contributed by atoms with Gasteiger partial charge in [-0.2, -0.15) is 0 Å². The molecule has 0 aliphatic carbocycles. The molecule has 1 aliphatic heterocycles. The zero-order chi connectivity index (χ0) is 23.4. The van der Waals surface area contributed by atoms with Gasteiger partial charge in [-0.1, -0.05) is 6.07 Å². The Balaban J connectivity index is 1.90. The van der Waals surface area contributed by atoms with Gasteiger partial charge in [-0.15, -0.1) is 0 Å². The lowest BCUT2D eigenvalue weighted by atomic mass is 10.0. The predicted molar refractivity (Wildman–Crippen MR) is 116 cm³/mol. The lowest BCUT2D eigenvalue weighted by molar-refractivity contribution is 0.0505. The zero-order valence-electron chi connectivity index (χ0n) is 18.9. The minimum absolute atomic E-state index is 0.171. The number of amides is 1. The van der Waals surface area contributed by atoms with Crippen LogP contribution in [-0.4, -0.2) is 59.5 Å². The summed E-state index contributed by atoms with van der Waals surface area (Å²) in [4.78, 5) is 40.3. The van der Waals surface area contributed by atoms with Gasteiger partial charge in [0.2, 0.25) is 0 Å². The smallest absolute Gasteiger partial charge is 0.355 e. The van der Waals surface area contributed by atoms with Crippen LogP contribution in [0.2, 0.25) is 0 Å². The van der Waals surface area contributed by atoms with Crippen LogP contribution < -0.4 is 0 Å². The fourth-order valence-corrected chi connectivity index (χ4v) is 4.19. The summed E-state index contributed by atoms with van der Waals surface area (Å²) < 4.78 is 26.1. The predicted octanol–water partition coefficient (Wildman–Crippen LogP) is 3.46. The first-order chi connectivity index (χ1) is 15.2. The molecule has 8 heteroatoms. The number of aromatic nitrogens is 1. The molecule has 1 atom stereocenters. The maximum atomic E-state index is 13.7. The van der Waals surface area contributed by atoms with Gasteiger partial charge in [0.1, 0.15) is 11.5 Å². The van der Waals surface area contributed by atoms with Crippen LogP contribution >= 0.6 is 0 Å². The quantitative estimate of drug-likeness (QED) is 0.460. The van der Waals surface area contributed by atoms with Gasteiger partial charge in [0.25, 0.3) is 5.91 Å². The molecule has 0 bridgehead atoms. The number of Topliss-reactive ketones (excluding diaryl/α,β-unsaturated/α-hetero) is 1. The lowest BCUT2D eigenvalue weighted by Gasteiger charge is -2.25. The van der Waals surface area contributed by atoms with Crippen LogP contribution in [-0.2, 0) is 16.5 Å². The third kappa shape index (κ3) is 4.91. The van der Waals surface area contributed by atoms with E-state index in [1.807, 2.05) is 0 Å². The number of hydrogen-bond acceptors (Lipinski definition) is 5. The van der Waals surface area contributed by atoms with Gasteiger partial charge >= 0.3 is 5.97 Å². The van der Waals surface area contributed by atoms with E-state index in [-0.39, 0.29) is 37.1 Å². The van der Waals surface area contributed by atoms with E-state index in [0.29, 0.717) is 29.1 Å². The van der Waals surface area contributed by atoms with Crippen LogP contribution in [0.3, 0.4) is 0 Å². The van der Waals surface area contributed by atoms with E-state index in [1.54, 1.807) is 32.4 Å². The van der Waals surface area contributed by atoms with Crippen molar-refractivity contribution in [3.8, 4) is 0 Å². The van der Waals surface area contributed by atoms with E-state index in [9.17, 15) is 18.8 Å². The number of carbonyl (C=O) groups is 3. The molecule has 1 aliphatic rings. The molecule has 7 nitrogen and oxygen atoms in total. The van der Waals surface area contributed by atoms with Crippen LogP contribution in [0.4, 0.5) is 4.39 Å². The standard InChI is InChI=1S/C24H29FN2O5/c1-5-31-24(30)22-15(2)21(16(3)26(22)4)20(28)14-27(13-19-10-7-11-32-19)23(29)17-8-6-9-18(25)12-17/h6,8-9,12,19H,5,7,10-11,13-14H2,1-4H3/t19-/m0/s1. The summed E-state index contributed by atoms with van der Waals surface area (Å²) in [6.07, 6.45) is 1.51. The molecule has 3 rings (SSSR count). The number of rotatable bonds is 8. The molecule has 0 saturated carbocycles. The van der Waals surface area contributed by atoms with Crippen molar-refractivity contribution in [3.63, 3.8) is 0 Å². The Hall–Kier alpha value is -3.00. The maximum Gasteiger partial charge on any atom is 0.355 e. The van der Waals surface area contributed by atoms with E-state index in [2.05, 4.69) is 0 Å². The van der Waals surface area contributed by atoms with Crippen molar-refractivity contribution < 1.29 is 28.2 Å². The maximum absolute atomic E-state index is 13.7. The number of ketones is 1. The minimum Gasteiger partial charge on any atom is -0.461 e.